The van der Waals surface area contributed by atoms with Crippen LogP contribution in [0, 0.1) is 6.92 Å². The van der Waals surface area contributed by atoms with Crippen molar-refractivity contribution >= 4 is 51.0 Å². The Labute approximate surface area is 193 Å². The number of amides is 1. The third-order valence-corrected chi connectivity index (χ3v) is 6.70. The number of nitrogens with one attached hydrogen (secondary N) is 1. The van der Waals surface area contributed by atoms with Crippen molar-refractivity contribution in [3.8, 4) is 0 Å². The molecule has 0 bridgehead atoms. The van der Waals surface area contributed by atoms with Crippen LogP contribution in [0.15, 0.2) is 70.8 Å². The Morgan fingerprint density at radius 1 is 1.20 bits per heavy atom. The van der Waals surface area contributed by atoms with E-state index in [4.69, 9.17) is 0 Å². The zero-order valence-corrected chi connectivity index (χ0v) is 19.9. The average molecular weight is 503 g/mol. The SMILES string of the molecule is C=CCn1c(CSCc2ccccc2)nnc1SCC(=O)Nc1ccc(Br)cc1C. The molecule has 5 nitrogen and oxygen atoms in total. The summed E-state index contributed by atoms with van der Waals surface area (Å²) in [6.07, 6.45) is 1.82. The Hall–Kier alpha value is -2.03. The van der Waals surface area contributed by atoms with Gasteiger partial charge in [-0.05, 0) is 36.2 Å². The van der Waals surface area contributed by atoms with E-state index < -0.39 is 0 Å². The molecule has 30 heavy (non-hydrogen) atoms. The highest BCUT2D eigenvalue weighted by Gasteiger charge is 2.14. The van der Waals surface area contributed by atoms with Gasteiger partial charge in [0.15, 0.2) is 5.16 Å². The summed E-state index contributed by atoms with van der Waals surface area (Å²) in [4.78, 5) is 12.4. The van der Waals surface area contributed by atoms with E-state index >= 15 is 0 Å². The zero-order valence-electron chi connectivity index (χ0n) is 16.7. The first-order valence-electron chi connectivity index (χ1n) is 9.40. The van der Waals surface area contributed by atoms with Crippen molar-refractivity contribution in [3.63, 3.8) is 0 Å². The van der Waals surface area contributed by atoms with Gasteiger partial charge in [-0.25, -0.2) is 0 Å². The van der Waals surface area contributed by atoms with Gasteiger partial charge < -0.3 is 9.88 Å². The van der Waals surface area contributed by atoms with Crippen LogP contribution in [0.3, 0.4) is 0 Å². The Bertz CT molecular complexity index is 1010. The molecule has 1 N–H and O–H groups in total. The number of thioether (sulfide) groups is 2. The van der Waals surface area contributed by atoms with Gasteiger partial charge in [0.2, 0.25) is 5.91 Å². The molecule has 1 amide bonds. The van der Waals surface area contributed by atoms with E-state index in [-0.39, 0.29) is 11.7 Å². The van der Waals surface area contributed by atoms with Gasteiger partial charge >= 0.3 is 0 Å². The molecule has 3 aromatic rings. The number of rotatable bonds is 10. The molecule has 0 aliphatic heterocycles. The molecule has 156 valence electrons. The maximum atomic E-state index is 12.4. The standard InChI is InChI=1S/C22H23BrN4OS2/c1-3-11-27-20(14-29-13-17-7-5-4-6-8-17)25-26-22(27)30-15-21(28)24-19-10-9-18(23)12-16(19)2/h3-10,12H,1,11,13-15H2,2H3,(H,24,28). The van der Waals surface area contributed by atoms with Gasteiger partial charge in [-0.2, -0.15) is 0 Å². The second-order valence-electron chi connectivity index (χ2n) is 6.57. The van der Waals surface area contributed by atoms with Crippen LogP contribution in [0.2, 0.25) is 0 Å². The van der Waals surface area contributed by atoms with Crippen molar-refractivity contribution in [1.29, 1.82) is 0 Å². The lowest BCUT2D eigenvalue weighted by molar-refractivity contribution is -0.113. The first-order valence-corrected chi connectivity index (χ1v) is 12.3. The average Bonchev–Trinajstić information content (AvgIpc) is 3.11. The Morgan fingerprint density at radius 2 is 2.00 bits per heavy atom. The number of halogens is 1. The summed E-state index contributed by atoms with van der Waals surface area (Å²) in [6, 6.07) is 16.1. The van der Waals surface area contributed by atoms with Crippen LogP contribution in [-0.4, -0.2) is 26.4 Å². The molecule has 0 saturated heterocycles. The van der Waals surface area contributed by atoms with Gasteiger partial charge in [-0.1, -0.05) is 64.1 Å². The van der Waals surface area contributed by atoms with Crippen LogP contribution >= 0.6 is 39.5 Å². The number of aryl methyl sites for hydroxylation is 1. The quantitative estimate of drug-likeness (QED) is 0.284. The molecule has 1 aromatic heterocycles. The first-order chi connectivity index (χ1) is 14.6. The number of aromatic nitrogens is 3. The molecule has 0 spiro atoms. The highest BCUT2D eigenvalue weighted by atomic mass is 79.9. The maximum Gasteiger partial charge on any atom is 0.234 e. The van der Waals surface area contributed by atoms with Gasteiger partial charge in [-0.15, -0.1) is 28.5 Å². The lowest BCUT2D eigenvalue weighted by Gasteiger charge is -2.10. The van der Waals surface area contributed by atoms with Crippen molar-refractivity contribution in [1.82, 2.24) is 14.8 Å². The molecule has 0 unspecified atom stereocenters. The summed E-state index contributed by atoms with van der Waals surface area (Å²) >= 11 is 6.61. The summed E-state index contributed by atoms with van der Waals surface area (Å²) in [5.74, 6) is 2.75. The van der Waals surface area contributed by atoms with E-state index in [1.54, 1.807) is 11.8 Å². The maximum absolute atomic E-state index is 12.4. The minimum absolute atomic E-state index is 0.0708. The zero-order chi connectivity index (χ0) is 21.3. The number of hydrogen-bond acceptors (Lipinski definition) is 5. The molecule has 3 rings (SSSR count). The van der Waals surface area contributed by atoms with Crippen LogP contribution in [-0.2, 0) is 22.8 Å². The smallest absolute Gasteiger partial charge is 0.234 e. The number of benzene rings is 2. The van der Waals surface area contributed by atoms with Crippen molar-refractivity contribution in [2.45, 2.75) is 30.1 Å². The van der Waals surface area contributed by atoms with Crippen molar-refractivity contribution in [2.24, 2.45) is 0 Å². The number of allylic oxidation sites excluding steroid dienone is 1. The third kappa shape index (κ3) is 6.48. The van der Waals surface area contributed by atoms with Crippen molar-refractivity contribution < 1.29 is 4.79 Å². The van der Waals surface area contributed by atoms with Crippen LogP contribution in [0.5, 0.6) is 0 Å². The Kier molecular flexibility index (Phi) is 8.60. The fourth-order valence-electron chi connectivity index (χ4n) is 2.76. The summed E-state index contributed by atoms with van der Waals surface area (Å²) in [6.45, 7) is 6.42. The third-order valence-electron chi connectivity index (χ3n) is 4.24. The molecular weight excluding hydrogens is 480 g/mol. The Balaban J connectivity index is 1.57. The van der Waals surface area contributed by atoms with Gasteiger partial charge in [0.1, 0.15) is 5.82 Å². The Morgan fingerprint density at radius 3 is 2.73 bits per heavy atom. The van der Waals surface area contributed by atoms with E-state index in [0.717, 1.165) is 38.2 Å². The van der Waals surface area contributed by atoms with Crippen molar-refractivity contribution in [3.05, 3.63) is 82.6 Å². The van der Waals surface area contributed by atoms with Crippen LogP contribution in [0.4, 0.5) is 5.69 Å². The monoisotopic (exact) mass is 502 g/mol. The summed E-state index contributed by atoms with van der Waals surface area (Å²) in [5, 5.41) is 12.3. The number of carbonyl (C=O) groups is 1. The van der Waals surface area contributed by atoms with Crippen LogP contribution in [0.25, 0.3) is 0 Å². The molecule has 0 saturated carbocycles. The highest BCUT2D eigenvalue weighted by Crippen LogP contribution is 2.23. The molecule has 0 fully saturated rings. The van der Waals surface area contributed by atoms with E-state index in [2.05, 4.69) is 50.2 Å². The topological polar surface area (TPSA) is 59.8 Å². The van der Waals surface area contributed by atoms with E-state index in [0.29, 0.717) is 6.54 Å². The lowest BCUT2D eigenvalue weighted by atomic mass is 10.2. The van der Waals surface area contributed by atoms with E-state index in [9.17, 15) is 4.79 Å². The second kappa shape index (κ2) is 11.4. The van der Waals surface area contributed by atoms with Gasteiger partial charge in [0.05, 0.1) is 11.5 Å². The van der Waals surface area contributed by atoms with Crippen LogP contribution in [0.1, 0.15) is 17.0 Å². The fourth-order valence-corrected chi connectivity index (χ4v) is 4.93. The predicted octanol–water partition coefficient (Wildman–Crippen LogP) is 5.70. The molecule has 0 radical (unpaired) electrons. The molecule has 0 aliphatic carbocycles. The predicted molar refractivity (Wildman–Crippen MR) is 130 cm³/mol. The molecule has 1 heterocycles. The highest BCUT2D eigenvalue weighted by molar-refractivity contribution is 9.10. The molecule has 2 aromatic carbocycles. The summed E-state index contributed by atoms with van der Waals surface area (Å²) < 4.78 is 3.01. The largest absolute Gasteiger partial charge is 0.325 e. The van der Waals surface area contributed by atoms with Crippen molar-refractivity contribution in [2.75, 3.05) is 11.1 Å². The van der Waals surface area contributed by atoms with E-state index in [1.807, 2.05) is 54.0 Å². The lowest BCUT2D eigenvalue weighted by Crippen LogP contribution is -2.15. The number of carbonyl (C=O) groups excluding carboxylic acids is 1. The normalized spacial score (nSPS) is 10.7. The summed E-state index contributed by atoms with van der Waals surface area (Å²) in [5.41, 5.74) is 3.11. The summed E-state index contributed by atoms with van der Waals surface area (Å²) in [7, 11) is 0. The van der Waals surface area contributed by atoms with Crippen LogP contribution < -0.4 is 5.32 Å². The molecule has 0 atom stereocenters. The second-order valence-corrected chi connectivity index (χ2v) is 9.42. The van der Waals surface area contributed by atoms with Gasteiger partial charge in [0, 0.05) is 22.5 Å². The van der Waals surface area contributed by atoms with E-state index in [1.165, 1.54) is 17.3 Å². The van der Waals surface area contributed by atoms with Gasteiger partial charge in [-0.3, -0.25) is 4.79 Å². The number of nitrogens with zero attached hydrogens (tertiary/aromatic N) is 3. The number of anilines is 1. The number of hydrogen-bond donors (Lipinski definition) is 1. The fraction of sp³-hybridized carbons (Fsp3) is 0.227. The molecule has 0 aliphatic rings. The van der Waals surface area contributed by atoms with Gasteiger partial charge in [0.25, 0.3) is 0 Å². The minimum Gasteiger partial charge on any atom is -0.325 e. The minimum atomic E-state index is -0.0708. The molecular formula is C22H23BrN4OS2. The molecule has 8 heteroatoms. The first kappa shape index (κ1) is 22.7.